The molecule has 0 aliphatic heterocycles. The van der Waals surface area contributed by atoms with E-state index < -0.39 is 10.0 Å². The summed E-state index contributed by atoms with van der Waals surface area (Å²) in [4.78, 5) is 27.5. The number of amides is 2. The highest BCUT2D eigenvalue weighted by molar-refractivity contribution is 7.92. The lowest BCUT2D eigenvalue weighted by Crippen LogP contribution is -2.15. The molecule has 0 saturated carbocycles. The monoisotopic (exact) mass is 410 g/mol. The summed E-state index contributed by atoms with van der Waals surface area (Å²) in [5.74, 6) is -0.415. The van der Waals surface area contributed by atoms with Crippen molar-refractivity contribution < 1.29 is 18.0 Å². The van der Waals surface area contributed by atoms with Gasteiger partial charge in [0.05, 0.1) is 4.90 Å². The summed E-state index contributed by atoms with van der Waals surface area (Å²) in [6.45, 7) is 1.38. The summed E-state index contributed by atoms with van der Waals surface area (Å²) in [7, 11) is -3.79. The Bertz CT molecular complexity index is 1130. The van der Waals surface area contributed by atoms with E-state index in [1.807, 2.05) is 0 Å². The minimum atomic E-state index is -3.79. The molecule has 3 N–H and O–H groups in total. The number of rotatable bonds is 6. The van der Waals surface area contributed by atoms with Crippen molar-refractivity contribution in [1.82, 2.24) is 4.98 Å². The zero-order chi connectivity index (χ0) is 20.9. The lowest BCUT2D eigenvalue weighted by atomic mass is 10.2. The Morgan fingerprint density at radius 1 is 0.862 bits per heavy atom. The minimum absolute atomic E-state index is 0.0359. The van der Waals surface area contributed by atoms with E-state index in [2.05, 4.69) is 20.3 Å². The van der Waals surface area contributed by atoms with Gasteiger partial charge in [0.1, 0.15) is 5.82 Å². The number of hydrogen-bond acceptors (Lipinski definition) is 5. The summed E-state index contributed by atoms with van der Waals surface area (Å²) < 4.78 is 27.2. The summed E-state index contributed by atoms with van der Waals surface area (Å²) in [5.41, 5.74) is 1.29. The molecule has 0 aliphatic rings. The van der Waals surface area contributed by atoms with Crippen molar-refractivity contribution in [3.05, 3.63) is 78.5 Å². The van der Waals surface area contributed by atoms with Crippen molar-refractivity contribution in [2.45, 2.75) is 11.8 Å². The van der Waals surface area contributed by atoms with Gasteiger partial charge in [0, 0.05) is 30.1 Å². The molecule has 1 aromatic heterocycles. The normalized spacial score (nSPS) is 10.8. The largest absolute Gasteiger partial charge is 0.326 e. The minimum Gasteiger partial charge on any atom is -0.326 e. The van der Waals surface area contributed by atoms with Gasteiger partial charge in [-0.05, 0) is 54.6 Å². The third kappa shape index (κ3) is 5.39. The molecule has 2 amide bonds. The molecule has 0 atom stereocenters. The van der Waals surface area contributed by atoms with Crippen molar-refractivity contribution in [3.8, 4) is 0 Å². The molecule has 0 bridgehead atoms. The van der Waals surface area contributed by atoms with Gasteiger partial charge in [0.25, 0.3) is 15.9 Å². The molecule has 0 fully saturated rings. The Hall–Kier alpha value is -3.72. The Morgan fingerprint density at radius 3 is 2.28 bits per heavy atom. The molecule has 0 aliphatic carbocycles. The van der Waals surface area contributed by atoms with Crippen LogP contribution >= 0.6 is 0 Å². The van der Waals surface area contributed by atoms with Gasteiger partial charge in [0.2, 0.25) is 5.91 Å². The topological polar surface area (TPSA) is 117 Å². The predicted molar refractivity (Wildman–Crippen MR) is 110 cm³/mol. The quantitative estimate of drug-likeness (QED) is 0.577. The van der Waals surface area contributed by atoms with Gasteiger partial charge in [-0.15, -0.1) is 0 Å². The molecule has 8 nitrogen and oxygen atoms in total. The van der Waals surface area contributed by atoms with Crippen LogP contribution in [-0.4, -0.2) is 25.2 Å². The number of pyridine rings is 1. The molecule has 1 heterocycles. The maximum Gasteiger partial charge on any atom is 0.263 e. The number of nitrogens with zero attached hydrogens (tertiary/aromatic N) is 1. The SMILES string of the molecule is CC(=O)Nc1cccc(C(=O)Nc2ccc(S(=O)(=O)Nc3ccccn3)cc2)c1. The van der Waals surface area contributed by atoms with Gasteiger partial charge < -0.3 is 10.6 Å². The van der Waals surface area contributed by atoms with E-state index in [1.165, 1.54) is 37.4 Å². The van der Waals surface area contributed by atoms with Gasteiger partial charge in [0.15, 0.2) is 0 Å². The number of anilines is 3. The second-order valence-corrected chi connectivity index (χ2v) is 7.74. The average molecular weight is 410 g/mol. The van der Waals surface area contributed by atoms with Crippen LogP contribution in [0.1, 0.15) is 17.3 Å². The molecule has 0 unspecified atom stereocenters. The lowest BCUT2D eigenvalue weighted by Gasteiger charge is -2.09. The van der Waals surface area contributed by atoms with E-state index in [9.17, 15) is 18.0 Å². The van der Waals surface area contributed by atoms with Crippen LogP contribution in [-0.2, 0) is 14.8 Å². The van der Waals surface area contributed by atoms with Crippen molar-refractivity contribution >= 4 is 39.0 Å². The third-order valence-corrected chi connectivity index (χ3v) is 5.14. The average Bonchev–Trinajstić information content (AvgIpc) is 2.68. The van der Waals surface area contributed by atoms with E-state index in [-0.39, 0.29) is 22.5 Å². The van der Waals surface area contributed by atoms with E-state index in [4.69, 9.17) is 0 Å². The first-order chi connectivity index (χ1) is 13.8. The number of hydrogen-bond donors (Lipinski definition) is 3. The summed E-state index contributed by atoms with van der Waals surface area (Å²) in [6.07, 6.45) is 1.48. The predicted octanol–water partition coefficient (Wildman–Crippen LogP) is 3.09. The number of aromatic nitrogens is 1. The van der Waals surface area contributed by atoms with Crippen LogP contribution in [0.3, 0.4) is 0 Å². The second kappa shape index (κ2) is 8.53. The highest BCUT2D eigenvalue weighted by atomic mass is 32.2. The van der Waals surface area contributed by atoms with Crippen molar-refractivity contribution in [3.63, 3.8) is 0 Å². The summed E-state index contributed by atoms with van der Waals surface area (Å²) >= 11 is 0. The van der Waals surface area contributed by atoms with Gasteiger partial charge >= 0.3 is 0 Å². The fourth-order valence-electron chi connectivity index (χ4n) is 2.48. The van der Waals surface area contributed by atoms with E-state index in [0.717, 1.165) is 0 Å². The van der Waals surface area contributed by atoms with Gasteiger partial charge in [-0.25, -0.2) is 13.4 Å². The first-order valence-electron chi connectivity index (χ1n) is 8.56. The van der Waals surface area contributed by atoms with Crippen LogP contribution in [0, 0.1) is 0 Å². The first kappa shape index (κ1) is 20.0. The van der Waals surface area contributed by atoms with E-state index >= 15 is 0 Å². The lowest BCUT2D eigenvalue weighted by molar-refractivity contribution is -0.114. The van der Waals surface area contributed by atoms with E-state index in [1.54, 1.807) is 42.5 Å². The molecule has 0 spiro atoms. The Kier molecular flexibility index (Phi) is 5.89. The highest BCUT2D eigenvalue weighted by Gasteiger charge is 2.15. The highest BCUT2D eigenvalue weighted by Crippen LogP contribution is 2.18. The van der Waals surface area contributed by atoms with Crippen molar-refractivity contribution in [2.75, 3.05) is 15.4 Å². The zero-order valence-electron chi connectivity index (χ0n) is 15.4. The molecule has 2 aromatic carbocycles. The number of sulfonamides is 1. The number of carbonyl (C=O) groups excluding carboxylic acids is 2. The Morgan fingerprint density at radius 2 is 1.62 bits per heavy atom. The van der Waals surface area contributed by atoms with Gasteiger partial charge in [-0.1, -0.05) is 12.1 Å². The first-order valence-corrected chi connectivity index (χ1v) is 10.0. The Labute approximate surface area is 168 Å². The number of carbonyl (C=O) groups is 2. The van der Waals surface area contributed by atoms with Gasteiger partial charge in [-0.2, -0.15) is 0 Å². The van der Waals surface area contributed by atoms with Crippen LogP contribution in [0.15, 0.2) is 77.8 Å². The van der Waals surface area contributed by atoms with E-state index in [0.29, 0.717) is 16.9 Å². The smallest absolute Gasteiger partial charge is 0.263 e. The van der Waals surface area contributed by atoms with Crippen LogP contribution in [0.25, 0.3) is 0 Å². The second-order valence-electron chi connectivity index (χ2n) is 6.06. The molecule has 0 saturated heterocycles. The molecular weight excluding hydrogens is 392 g/mol. The molecule has 3 rings (SSSR count). The molecule has 3 aromatic rings. The fourth-order valence-corrected chi connectivity index (χ4v) is 3.49. The number of benzene rings is 2. The van der Waals surface area contributed by atoms with Crippen LogP contribution < -0.4 is 15.4 Å². The molecule has 9 heteroatoms. The standard InChI is InChI=1S/C20H18N4O4S/c1-14(25)22-17-6-4-5-15(13-17)20(26)23-16-8-10-18(11-9-16)29(27,28)24-19-7-2-3-12-21-19/h2-13H,1H3,(H,21,24)(H,22,25)(H,23,26). The van der Waals surface area contributed by atoms with Gasteiger partial charge in [-0.3, -0.25) is 14.3 Å². The maximum atomic E-state index is 12.4. The molecular formula is C20H18N4O4S. The fraction of sp³-hybridized carbons (Fsp3) is 0.0500. The maximum absolute atomic E-state index is 12.4. The van der Waals surface area contributed by atoms with Crippen molar-refractivity contribution in [1.29, 1.82) is 0 Å². The molecule has 148 valence electrons. The Balaban J connectivity index is 1.70. The summed E-state index contributed by atoms with van der Waals surface area (Å²) in [5, 5.41) is 5.30. The molecule has 0 radical (unpaired) electrons. The molecule has 29 heavy (non-hydrogen) atoms. The third-order valence-electron chi connectivity index (χ3n) is 3.77. The van der Waals surface area contributed by atoms with Crippen LogP contribution in [0.4, 0.5) is 17.2 Å². The van der Waals surface area contributed by atoms with Crippen LogP contribution in [0.2, 0.25) is 0 Å². The van der Waals surface area contributed by atoms with Crippen molar-refractivity contribution in [2.24, 2.45) is 0 Å². The number of nitrogens with one attached hydrogen (secondary N) is 3. The van der Waals surface area contributed by atoms with Crippen LogP contribution in [0.5, 0.6) is 0 Å². The summed E-state index contributed by atoms with van der Waals surface area (Å²) in [6, 6.07) is 17.1. The zero-order valence-corrected chi connectivity index (χ0v) is 16.2.